The van der Waals surface area contributed by atoms with Gasteiger partial charge in [-0.3, -0.25) is 4.79 Å². The molecule has 0 aliphatic heterocycles. The Morgan fingerprint density at radius 2 is 1.58 bits per heavy atom. The number of benzene rings is 2. The first kappa shape index (κ1) is 13.6. The van der Waals surface area contributed by atoms with E-state index in [2.05, 4.69) is 5.32 Å². The van der Waals surface area contributed by atoms with Gasteiger partial charge in [0.1, 0.15) is 5.82 Å². The molecule has 4 heteroatoms. The molecule has 1 amide bonds. The molecule has 0 fully saturated rings. The normalized spacial score (nSPS) is 10.2. The molecule has 0 aliphatic rings. The van der Waals surface area contributed by atoms with Crippen LogP contribution in [0.25, 0.3) is 0 Å². The van der Waals surface area contributed by atoms with Gasteiger partial charge in [-0.25, -0.2) is 4.39 Å². The molecule has 2 rings (SSSR count). The Morgan fingerprint density at radius 1 is 1.00 bits per heavy atom. The molecule has 0 spiro atoms. The zero-order valence-electron chi connectivity index (χ0n) is 10.2. The van der Waals surface area contributed by atoms with Crippen LogP contribution in [-0.2, 0) is 12.4 Å². The molecule has 1 N–H and O–H groups in total. The monoisotopic (exact) mass is 277 g/mol. The minimum absolute atomic E-state index is 0.221. The van der Waals surface area contributed by atoms with Gasteiger partial charge in [0, 0.05) is 18.0 Å². The second kappa shape index (κ2) is 6.34. The molecule has 2 aromatic carbocycles. The molecular weight excluding hydrogens is 265 g/mol. The van der Waals surface area contributed by atoms with Gasteiger partial charge in [0.05, 0.1) is 0 Å². The average molecular weight is 278 g/mol. The molecular formula is C15H13ClFNO. The lowest BCUT2D eigenvalue weighted by molar-refractivity contribution is 0.0951. The van der Waals surface area contributed by atoms with Gasteiger partial charge in [-0.1, -0.05) is 24.3 Å². The van der Waals surface area contributed by atoms with E-state index in [1.54, 1.807) is 0 Å². The number of hydrogen-bond donors (Lipinski definition) is 1. The number of alkyl halides is 1. The van der Waals surface area contributed by atoms with E-state index >= 15 is 0 Å². The molecule has 0 atom stereocenters. The molecule has 0 saturated carbocycles. The van der Waals surface area contributed by atoms with Crippen LogP contribution in [0.5, 0.6) is 0 Å². The van der Waals surface area contributed by atoms with Crippen LogP contribution in [0.1, 0.15) is 21.5 Å². The van der Waals surface area contributed by atoms with Gasteiger partial charge in [-0.15, -0.1) is 11.6 Å². The lowest BCUT2D eigenvalue weighted by atomic mass is 10.1. The zero-order valence-corrected chi connectivity index (χ0v) is 11.0. The third kappa shape index (κ3) is 3.80. The lowest BCUT2D eigenvalue weighted by Gasteiger charge is -2.06. The third-order valence-electron chi connectivity index (χ3n) is 2.74. The fraction of sp³-hybridized carbons (Fsp3) is 0.133. The molecule has 19 heavy (non-hydrogen) atoms. The van der Waals surface area contributed by atoms with Crippen LogP contribution >= 0.6 is 11.6 Å². The maximum Gasteiger partial charge on any atom is 0.251 e. The van der Waals surface area contributed by atoms with E-state index in [4.69, 9.17) is 11.6 Å². The van der Waals surface area contributed by atoms with Gasteiger partial charge in [0.25, 0.3) is 5.91 Å². The number of carbonyl (C=O) groups is 1. The summed E-state index contributed by atoms with van der Waals surface area (Å²) in [5.74, 6) is -0.1000. The van der Waals surface area contributed by atoms with Gasteiger partial charge in [0.15, 0.2) is 0 Å². The molecule has 0 unspecified atom stereocenters. The minimum atomic E-state index is -0.354. The van der Waals surface area contributed by atoms with E-state index in [1.807, 2.05) is 24.3 Å². The molecule has 0 saturated heterocycles. The van der Waals surface area contributed by atoms with Crippen molar-refractivity contribution in [1.82, 2.24) is 5.32 Å². The Labute approximate surface area is 116 Å². The first-order valence-electron chi connectivity index (χ1n) is 5.86. The second-order valence-corrected chi connectivity index (χ2v) is 4.41. The summed E-state index contributed by atoms with van der Waals surface area (Å²) in [6, 6.07) is 13.1. The highest BCUT2D eigenvalue weighted by molar-refractivity contribution is 6.17. The topological polar surface area (TPSA) is 29.1 Å². The van der Waals surface area contributed by atoms with Gasteiger partial charge < -0.3 is 5.32 Å². The highest BCUT2D eigenvalue weighted by Crippen LogP contribution is 2.07. The first-order valence-corrected chi connectivity index (χ1v) is 6.40. The van der Waals surface area contributed by atoms with Crippen molar-refractivity contribution in [3.05, 3.63) is 71.0 Å². The van der Waals surface area contributed by atoms with E-state index in [9.17, 15) is 9.18 Å². The molecule has 2 nitrogen and oxygen atoms in total. The van der Waals surface area contributed by atoms with Gasteiger partial charge in [-0.2, -0.15) is 0 Å². The van der Waals surface area contributed by atoms with Crippen molar-refractivity contribution in [2.75, 3.05) is 0 Å². The quantitative estimate of drug-likeness (QED) is 0.852. The van der Waals surface area contributed by atoms with Crippen molar-refractivity contribution >= 4 is 17.5 Å². The Hall–Kier alpha value is -1.87. The summed E-state index contributed by atoms with van der Waals surface area (Å²) >= 11 is 5.70. The molecule has 0 bridgehead atoms. The standard InChI is InChI=1S/C15H13ClFNO/c16-9-11-1-3-12(4-2-11)10-18-15(19)13-5-7-14(17)8-6-13/h1-8H,9-10H2,(H,18,19). The summed E-state index contributed by atoms with van der Waals surface area (Å²) in [4.78, 5) is 11.8. The molecule has 0 aromatic heterocycles. The van der Waals surface area contributed by atoms with E-state index in [0.29, 0.717) is 18.0 Å². The van der Waals surface area contributed by atoms with Crippen LogP contribution in [0.4, 0.5) is 4.39 Å². The summed E-state index contributed by atoms with van der Waals surface area (Å²) < 4.78 is 12.7. The van der Waals surface area contributed by atoms with Gasteiger partial charge in [0.2, 0.25) is 0 Å². The number of carbonyl (C=O) groups excluding carboxylic acids is 1. The SMILES string of the molecule is O=C(NCc1ccc(CCl)cc1)c1ccc(F)cc1. The predicted octanol–water partition coefficient (Wildman–Crippen LogP) is 3.49. The maximum absolute atomic E-state index is 12.7. The molecule has 0 aliphatic carbocycles. The van der Waals surface area contributed by atoms with E-state index in [1.165, 1.54) is 24.3 Å². The van der Waals surface area contributed by atoms with Gasteiger partial charge >= 0.3 is 0 Å². The van der Waals surface area contributed by atoms with Crippen molar-refractivity contribution in [1.29, 1.82) is 0 Å². The summed E-state index contributed by atoms with van der Waals surface area (Å²) in [7, 11) is 0. The molecule has 0 radical (unpaired) electrons. The molecule has 98 valence electrons. The molecule has 2 aromatic rings. The summed E-state index contributed by atoms with van der Waals surface area (Å²) in [6.45, 7) is 0.429. The number of amides is 1. The van der Waals surface area contributed by atoms with Crippen molar-refractivity contribution < 1.29 is 9.18 Å². The van der Waals surface area contributed by atoms with Crippen LogP contribution in [0.3, 0.4) is 0 Å². The highest BCUT2D eigenvalue weighted by Gasteiger charge is 2.05. The predicted molar refractivity (Wildman–Crippen MR) is 73.6 cm³/mol. The number of halogens is 2. The fourth-order valence-electron chi connectivity index (χ4n) is 1.63. The molecule has 0 heterocycles. The van der Waals surface area contributed by atoms with Crippen LogP contribution in [0.2, 0.25) is 0 Å². The second-order valence-electron chi connectivity index (χ2n) is 4.14. The van der Waals surface area contributed by atoms with E-state index in [-0.39, 0.29) is 11.7 Å². The van der Waals surface area contributed by atoms with Gasteiger partial charge in [-0.05, 0) is 35.4 Å². The first-order chi connectivity index (χ1) is 9.19. The Bertz CT molecular complexity index is 551. The summed E-state index contributed by atoms with van der Waals surface area (Å²) in [5.41, 5.74) is 2.47. The maximum atomic E-state index is 12.7. The number of rotatable bonds is 4. The smallest absolute Gasteiger partial charge is 0.251 e. The summed E-state index contributed by atoms with van der Waals surface area (Å²) in [5, 5.41) is 2.78. The Balaban J connectivity index is 1.94. The summed E-state index contributed by atoms with van der Waals surface area (Å²) in [6.07, 6.45) is 0. The highest BCUT2D eigenvalue weighted by atomic mass is 35.5. The van der Waals surface area contributed by atoms with Crippen LogP contribution in [0.15, 0.2) is 48.5 Å². The van der Waals surface area contributed by atoms with Crippen LogP contribution in [0, 0.1) is 5.82 Å². The zero-order chi connectivity index (χ0) is 13.7. The van der Waals surface area contributed by atoms with Crippen molar-refractivity contribution in [2.24, 2.45) is 0 Å². The minimum Gasteiger partial charge on any atom is -0.348 e. The van der Waals surface area contributed by atoms with E-state index in [0.717, 1.165) is 11.1 Å². The fourth-order valence-corrected chi connectivity index (χ4v) is 1.81. The van der Waals surface area contributed by atoms with Crippen molar-refractivity contribution in [3.63, 3.8) is 0 Å². The van der Waals surface area contributed by atoms with Crippen LogP contribution < -0.4 is 5.32 Å². The average Bonchev–Trinajstić information content (AvgIpc) is 2.46. The number of hydrogen-bond acceptors (Lipinski definition) is 1. The Morgan fingerprint density at radius 3 is 2.16 bits per heavy atom. The number of nitrogens with one attached hydrogen (secondary N) is 1. The Kier molecular flexibility index (Phi) is 4.53. The lowest BCUT2D eigenvalue weighted by Crippen LogP contribution is -2.22. The third-order valence-corrected chi connectivity index (χ3v) is 3.05. The van der Waals surface area contributed by atoms with Crippen LogP contribution in [-0.4, -0.2) is 5.91 Å². The van der Waals surface area contributed by atoms with E-state index < -0.39 is 0 Å². The van der Waals surface area contributed by atoms with Crippen molar-refractivity contribution in [3.8, 4) is 0 Å². The largest absolute Gasteiger partial charge is 0.348 e. The van der Waals surface area contributed by atoms with Crippen molar-refractivity contribution in [2.45, 2.75) is 12.4 Å².